The third kappa shape index (κ3) is 4.81. The maximum atomic E-state index is 13.9. The minimum Gasteiger partial charge on any atom is -0.369 e. The molecule has 0 spiro atoms. The lowest BCUT2D eigenvalue weighted by Gasteiger charge is -2.34. The summed E-state index contributed by atoms with van der Waals surface area (Å²) < 4.78 is 13.9. The van der Waals surface area contributed by atoms with Gasteiger partial charge in [-0.05, 0) is 50.4 Å². The smallest absolute Gasteiger partial charge is 0.229 e. The van der Waals surface area contributed by atoms with Gasteiger partial charge in [-0.25, -0.2) is 9.37 Å². The summed E-state index contributed by atoms with van der Waals surface area (Å²) in [6, 6.07) is 16.7. The first-order valence-electron chi connectivity index (χ1n) is 9.75. The molecule has 150 valence electrons. The SMILES string of the molecule is Cc1cc(Nc2ccc(N3CCN(C)CC3)cc2)nc(Nc2ccccc2F)n1. The molecule has 1 aliphatic rings. The van der Waals surface area contributed by atoms with Crippen LogP contribution in [0, 0.1) is 12.7 Å². The van der Waals surface area contributed by atoms with Crippen molar-refractivity contribution in [2.45, 2.75) is 6.92 Å². The van der Waals surface area contributed by atoms with Crippen LogP contribution in [0.25, 0.3) is 0 Å². The van der Waals surface area contributed by atoms with E-state index >= 15 is 0 Å². The number of likely N-dealkylation sites (N-methyl/N-ethyl adjacent to an activating group) is 1. The number of benzene rings is 2. The highest BCUT2D eigenvalue weighted by Crippen LogP contribution is 2.23. The predicted molar refractivity (Wildman–Crippen MR) is 116 cm³/mol. The van der Waals surface area contributed by atoms with Crippen molar-refractivity contribution in [2.24, 2.45) is 0 Å². The van der Waals surface area contributed by atoms with Crippen LogP contribution in [0.4, 0.5) is 33.2 Å². The quantitative estimate of drug-likeness (QED) is 0.680. The van der Waals surface area contributed by atoms with Crippen molar-refractivity contribution in [3.8, 4) is 0 Å². The lowest BCUT2D eigenvalue weighted by Crippen LogP contribution is -2.44. The molecule has 1 fully saturated rings. The Bertz CT molecular complexity index is 967. The molecule has 1 saturated heterocycles. The van der Waals surface area contributed by atoms with Crippen molar-refractivity contribution >= 4 is 28.8 Å². The fourth-order valence-corrected chi connectivity index (χ4v) is 3.34. The van der Waals surface area contributed by atoms with Crippen LogP contribution in [0.3, 0.4) is 0 Å². The first-order valence-corrected chi connectivity index (χ1v) is 9.75. The van der Waals surface area contributed by atoms with E-state index in [-0.39, 0.29) is 5.82 Å². The molecular weight excluding hydrogens is 367 g/mol. The highest BCUT2D eigenvalue weighted by Gasteiger charge is 2.14. The van der Waals surface area contributed by atoms with Gasteiger partial charge in [-0.3, -0.25) is 0 Å². The summed E-state index contributed by atoms with van der Waals surface area (Å²) in [5.74, 6) is 0.668. The summed E-state index contributed by atoms with van der Waals surface area (Å²) in [5.41, 5.74) is 3.30. The van der Waals surface area contributed by atoms with E-state index in [2.05, 4.69) is 61.7 Å². The monoisotopic (exact) mass is 392 g/mol. The fourth-order valence-electron chi connectivity index (χ4n) is 3.34. The second kappa shape index (κ2) is 8.45. The predicted octanol–water partition coefficient (Wildman–Crippen LogP) is 4.16. The fraction of sp³-hybridized carbons (Fsp3) is 0.273. The summed E-state index contributed by atoms with van der Waals surface area (Å²) in [7, 11) is 2.16. The molecule has 0 unspecified atom stereocenters. The number of para-hydroxylation sites is 1. The molecule has 0 bridgehead atoms. The number of halogens is 1. The molecule has 0 amide bonds. The number of rotatable bonds is 5. The lowest BCUT2D eigenvalue weighted by molar-refractivity contribution is 0.313. The van der Waals surface area contributed by atoms with Gasteiger partial charge < -0.3 is 20.4 Å². The summed E-state index contributed by atoms with van der Waals surface area (Å²) in [5, 5.41) is 6.26. The van der Waals surface area contributed by atoms with Crippen LogP contribution in [-0.2, 0) is 0 Å². The van der Waals surface area contributed by atoms with Crippen LogP contribution in [0.1, 0.15) is 5.69 Å². The zero-order valence-electron chi connectivity index (χ0n) is 16.7. The molecule has 7 heteroatoms. The Labute approximate surface area is 170 Å². The van der Waals surface area contributed by atoms with Gasteiger partial charge in [-0.15, -0.1) is 0 Å². The Morgan fingerprint density at radius 1 is 0.897 bits per heavy atom. The molecular formula is C22H25FN6. The molecule has 2 aromatic carbocycles. The number of nitrogens with zero attached hydrogens (tertiary/aromatic N) is 4. The van der Waals surface area contributed by atoms with Crippen molar-refractivity contribution < 1.29 is 4.39 Å². The Morgan fingerprint density at radius 3 is 2.34 bits per heavy atom. The summed E-state index contributed by atoms with van der Waals surface area (Å²) in [6.45, 7) is 6.13. The summed E-state index contributed by atoms with van der Waals surface area (Å²) in [6.07, 6.45) is 0. The van der Waals surface area contributed by atoms with Gasteiger partial charge in [0.1, 0.15) is 11.6 Å². The van der Waals surface area contributed by atoms with Gasteiger partial charge in [-0.1, -0.05) is 12.1 Å². The minimum absolute atomic E-state index is 0.341. The summed E-state index contributed by atoms with van der Waals surface area (Å²) >= 11 is 0. The molecule has 29 heavy (non-hydrogen) atoms. The standard InChI is InChI=1S/C22H25FN6/c1-16-15-21(27-22(24-16)26-20-6-4-3-5-19(20)23)25-17-7-9-18(10-8-17)29-13-11-28(2)12-14-29/h3-10,15H,11-14H2,1-2H3,(H2,24,25,26,27). The largest absolute Gasteiger partial charge is 0.369 e. The second-order valence-corrected chi connectivity index (χ2v) is 7.29. The molecule has 4 rings (SSSR count). The van der Waals surface area contributed by atoms with Gasteiger partial charge in [0, 0.05) is 49.3 Å². The Balaban J connectivity index is 1.46. The maximum Gasteiger partial charge on any atom is 0.229 e. The molecule has 0 aliphatic carbocycles. The van der Waals surface area contributed by atoms with Crippen LogP contribution >= 0.6 is 0 Å². The van der Waals surface area contributed by atoms with E-state index in [1.807, 2.05) is 13.0 Å². The number of anilines is 5. The third-order valence-corrected chi connectivity index (χ3v) is 4.98. The Hall–Kier alpha value is -3.19. The van der Waals surface area contributed by atoms with Gasteiger partial charge in [0.2, 0.25) is 5.95 Å². The molecule has 2 N–H and O–H groups in total. The Morgan fingerprint density at radius 2 is 1.62 bits per heavy atom. The second-order valence-electron chi connectivity index (χ2n) is 7.29. The summed E-state index contributed by atoms with van der Waals surface area (Å²) in [4.78, 5) is 13.6. The number of hydrogen-bond donors (Lipinski definition) is 2. The van der Waals surface area contributed by atoms with Crippen molar-refractivity contribution in [1.82, 2.24) is 14.9 Å². The van der Waals surface area contributed by atoms with E-state index in [0.29, 0.717) is 17.5 Å². The third-order valence-electron chi connectivity index (χ3n) is 4.98. The molecule has 1 aliphatic heterocycles. The van der Waals surface area contributed by atoms with Gasteiger partial charge in [0.15, 0.2) is 0 Å². The highest BCUT2D eigenvalue weighted by atomic mass is 19.1. The molecule has 3 aromatic rings. The number of piperazine rings is 1. The van der Waals surface area contributed by atoms with Crippen molar-refractivity contribution in [3.05, 3.63) is 66.1 Å². The average Bonchev–Trinajstić information content (AvgIpc) is 2.71. The van der Waals surface area contributed by atoms with E-state index in [0.717, 1.165) is 37.6 Å². The first-order chi connectivity index (χ1) is 14.1. The van der Waals surface area contributed by atoms with Crippen LogP contribution in [0.2, 0.25) is 0 Å². The van der Waals surface area contributed by atoms with Crippen molar-refractivity contribution in [3.63, 3.8) is 0 Å². The van der Waals surface area contributed by atoms with Crippen LogP contribution in [-0.4, -0.2) is 48.1 Å². The van der Waals surface area contributed by atoms with E-state index < -0.39 is 0 Å². The maximum absolute atomic E-state index is 13.9. The van der Waals surface area contributed by atoms with E-state index in [4.69, 9.17) is 0 Å². The van der Waals surface area contributed by atoms with Crippen molar-refractivity contribution in [1.29, 1.82) is 0 Å². The normalized spacial score (nSPS) is 14.7. The van der Waals surface area contributed by atoms with E-state index in [1.165, 1.54) is 11.8 Å². The zero-order chi connectivity index (χ0) is 20.2. The lowest BCUT2D eigenvalue weighted by atomic mass is 10.2. The molecule has 0 atom stereocenters. The first kappa shape index (κ1) is 19.1. The van der Waals surface area contributed by atoms with Crippen LogP contribution < -0.4 is 15.5 Å². The number of aryl methyl sites for hydroxylation is 1. The minimum atomic E-state index is -0.341. The Kier molecular flexibility index (Phi) is 5.57. The molecule has 0 radical (unpaired) electrons. The molecule has 0 saturated carbocycles. The van der Waals surface area contributed by atoms with E-state index in [1.54, 1.807) is 18.2 Å². The number of aromatic nitrogens is 2. The van der Waals surface area contributed by atoms with E-state index in [9.17, 15) is 4.39 Å². The highest BCUT2D eigenvalue weighted by molar-refractivity contribution is 5.63. The number of nitrogens with one attached hydrogen (secondary N) is 2. The van der Waals surface area contributed by atoms with Crippen LogP contribution in [0.15, 0.2) is 54.6 Å². The van der Waals surface area contributed by atoms with Gasteiger partial charge >= 0.3 is 0 Å². The van der Waals surface area contributed by atoms with Gasteiger partial charge in [-0.2, -0.15) is 4.98 Å². The molecule has 2 heterocycles. The van der Waals surface area contributed by atoms with Crippen LogP contribution in [0.5, 0.6) is 0 Å². The van der Waals surface area contributed by atoms with Crippen molar-refractivity contribution in [2.75, 3.05) is 48.8 Å². The number of hydrogen-bond acceptors (Lipinski definition) is 6. The van der Waals surface area contributed by atoms with Gasteiger partial charge in [0.25, 0.3) is 0 Å². The molecule has 1 aromatic heterocycles. The average molecular weight is 392 g/mol. The molecule has 6 nitrogen and oxygen atoms in total. The topological polar surface area (TPSA) is 56.3 Å². The van der Waals surface area contributed by atoms with Gasteiger partial charge in [0.05, 0.1) is 5.69 Å². The zero-order valence-corrected chi connectivity index (χ0v) is 16.7.